The molecule has 0 aromatic carbocycles. The van der Waals surface area contributed by atoms with Crippen LogP contribution in [0, 0.1) is 32.6 Å². The van der Waals surface area contributed by atoms with Gasteiger partial charge in [0.25, 0.3) is 11.5 Å². The van der Waals surface area contributed by atoms with Crippen molar-refractivity contribution in [3.63, 3.8) is 0 Å². The Hall–Kier alpha value is -7.46. The van der Waals surface area contributed by atoms with Gasteiger partial charge in [0.15, 0.2) is 11.5 Å². The lowest BCUT2D eigenvalue weighted by Gasteiger charge is -2.35. The SMILES string of the molecule is COc1c(C)cnc(Cn2cc(C#CCCn3cc(C(=O)N4CCN(c5ccc(Nc6ncc7c(C)c(C(C)=O)c(=O)n(C8CCCC8)c7n6)nc5)CC4)nn3)c3c(Cl)nc(N)nc32)c1C. The van der Waals surface area contributed by atoms with Crippen molar-refractivity contribution in [3.05, 3.63) is 97.8 Å². The van der Waals surface area contributed by atoms with Gasteiger partial charge < -0.3 is 30.2 Å². The van der Waals surface area contributed by atoms with Crippen LogP contribution in [0.25, 0.3) is 22.1 Å². The maximum atomic E-state index is 13.6. The fourth-order valence-electron chi connectivity index (χ4n) is 9.00. The minimum atomic E-state index is -0.296. The molecule has 1 aliphatic carbocycles. The molecule has 20 heteroatoms. The number of nitrogens with two attached hydrogens (primary N) is 1. The van der Waals surface area contributed by atoms with E-state index in [-0.39, 0.29) is 45.7 Å². The van der Waals surface area contributed by atoms with Crippen LogP contribution in [0.1, 0.15) is 93.9 Å². The number of nitrogen functional groups attached to an aromatic ring is 1. The van der Waals surface area contributed by atoms with E-state index in [0.717, 1.165) is 53.9 Å². The number of carbonyl (C=O) groups is 2. The summed E-state index contributed by atoms with van der Waals surface area (Å²) in [6.07, 6.45) is 12.9. The molecule has 1 saturated heterocycles. The number of anilines is 4. The molecule has 1 aliphatic heterocycles. The Morgan fingerprint density at radius 1 is 0.955 bits per heavy atom. The number of hydrogen-bond donors (Lipinski definition) is 2. The number of carbonyl (C=O) groups excluding carboxylic acids is 2. The number of Topliss-reactive ketones (excluding diaryl/α,β-unsaturated/α-hetero) is 1. The summed E-state index contributed by atoms with van der Waals surface area (Å²) >= 11 is 6.57. The van der Waals surface area contributed by atoms with E-state index >= 15 is 0 Å². The van der Waals surface area contributed by atoms with Gasteiger partial charge in [-0.15, -0.1) is 5.10 Å². The van der Waals surface area contributed by atoms with Crippen LogP contribution in [-0.2, 0) is 13.1 Å². The third-order valence-electron chi connectivity index (χ3n) is 12.4. The van der Waals surface area contributed by atoms with Crippen molar-refractivity contribution in [3.8, 4) is 17.6 Å². The number of halogens is 1. The zero-order valence-corrected chi connectivity index (χ0v) is 38.1. The Labute approximate surface area is 384 Å². The van der Waals surface area contributed by atoms with Crippen molar-refractivity contribution >= 4 is 68.8 Å². The van der Waals surface area contributed by atoms with Crippen LogP contribution in [0.15, 0.2) is 47.9 Å². The van der Waals surface area contributed by atoms with Gasteiger partial charge in [0.05, 0.1) is 60.5 Å². The van der Waals surface area contributed by atoms with Crippen molar-refractivity contribution in [1.82, 2.24) is 58.9 Å². The van der Waals surface area contributed by atoms with Crippen molar-refractivity contribution in [2.75, 3.05) is 49.2 Å². The average Bonchev–Trinajstić information content (AvgIpc) is 4.08. The van der Waals surface area contributed by atoms with Crippen LogP contribution >= 0.6 is 11.6 Å². The van der Waals surface area contributed by atoms with E-state index in [1.54, 1.807) is 53.0 Å². The predicted molar refractivity (Wildman–Crippen MR) is 250 cm³/mol. The van der Waals surface area contributed by atoms with Crippen molar-refractivity contribution in [1.29, 1.82) is 0 Å². The molecule has 0 atom stereocenters. The highest BCUT2D eigenvalue weighted by Crippen LogP contribution is 2.33. The molecule has 66 heavy (non-hydrogen) atoms. The molecule has 1 saturated carbocycles. The minimum Gasteiger partial charge on any atom is -0.496 e. The fraction of sp³-hybridized carbons (Fsp3) is 0.370. The first-order chi connectivity index (χ1) is 31.9. The molecule has 0 bridgehead atoms. The lowest BCUT2D eigenvalue weighted by Crippen LogP contribution is -2.48. The van der Waals surface area contributed by atoms with E-state index in [2.05, 4.69) is 57.3 Å². The van der Waals surface area contributed by atoms with Crippen LogP contribution in [0.2, 0.25) is 5.15 Å². The molecule has 0 unspecified atom stereocenters. The molecule has 8 heterocycles. The number of methoxy groups -OCH3 is 1. The number of fused-ring (bicyclic) bond motifs is 2. The van der Waals surface area contributed by atoms with E-state index in [4.69, 9.17) is 27.1 Å². The third kappa shape index (κ3) is 8.46. The van der Waals surface area contributed by atoms with Crippen LogP contribution in [0.3, 0.4) is 0 Å². The van der Waals surface area contributed by atoms with E-state index < -0.39 is 0 Å². The van der Waals surface area contributed by atoms with Crippen LogP contribution in [0.4, 0.5) is 23.4 Å². The quantitative estimate of drug-likeness (QED) is 0.0916. The summed E-state index contributed by atoms with van der Waals surface area (Å²) in [5, 5.41) is 13.0. The molecule has 2 aliphatic rings. The molecular weight excluding hydrogens is 862 g/mol. The first kappa shape index (κ1) is 43.8. The van der Waals surface area contributed by atoms with Crippen LogP contribution < -0.4 is 26.2 Å². The Kier molecular flexibility index (Phi) is 12.1. The number of rotatable bonds is 11. The van der Waals surface area contributed by atoms with Crippen molar-refractivity contribution < 1.29 is 14.3 Å². The van der Waals surface area contributed by atoms with Gasteiger partial charge in [0.2, 0.25) is 11.9 Å². The summed E-state index contributed by atoms with van der Waals surface area (Å²) in [6, 6.07) is 3.78. The van der Waals surface area contributed by atoms with Gasteiger partial charge in [-0.3, -0.25) is 28.6 Å². The molecule has 338 valence electrons. The van der Waals surface area contributed by atoms with E-state index in [1.807, 2.05) is 36.7 Å². The summed E-state index contributed by atoms with van der Waals surface area (Å²) in [5.74, 6) is 7.63. The van der Waals surface area contributed by atoms with Gasteiger partial charge in [-0.25, -0.2) is 15.0 Å². The van der Waals surface area contributed by atoms with Gasteiger partial charge >= 0.3 is 0 Å². The zero-order chi connectivity index (χ0) is 46.2. The highest BCUT2D eigenvalue weighted by atomic mass is 35.5. The van der Waals surface area contributed by atoms with E-state index in [1.165, 1.54) is 6.92 Å². The second-order valence-electron chi connectivity index (χ2n) is 16.6. The molecule has 0 radical (unpaired) electrons. The molecule has 19 nitrogen and oxygen atoms in total. The number of hydrogen-bond acceptors (Lipinski definition) is 15. The largest absolute Gasteiger partial charge is 0.496 e. The molecule has 9 rings (SSSR count). The smallest absolute Gasteiger partial charge is 0.276 e. The van der Waals surface area contributed by atoms with Crippen molar-refractivity contribution in [2.24, 2.45) is 0 Å². The topological polar surface area (TPSA) is 223 Å². The Bertz CT molecular complexity index is 3150. The summed E-state index contributed by atoms with van der Waals surface area (Å²) in [7, 11) is 1.64. The third-order valence-corrected chi connectivity index (χ3v) is 12.6. The first-order valence-corrected chi connectivity index (χ1v) is 22.2. The summed E-state index contributed by atoms with van der Waals surface area (Å²) < 4.78 is 10.8. The Morgan fingerprint density at radius 3 is 2.47 bits per heavy atom. The monoisotopic (exact) mass is 909 g/mol. The first-order valence-electron chi connectivity index (χ1n) is 21.8. The highest BCUT2D eigenvalue weighted by molar-refractivity contribution is 6.34. The number of amides is 1. The summed E-state index contributed by atoms with van der Waals surface area (Å²) in [5.41, 5.74) is 12.0. The number of aryl methyl sites for hydroxylation is 3. The number of piperazine rings is 1. The molecule has 2 fully saturated rings. The number of ketones is 1. The second-order valence-corrected chi connectivity index (χ2v) is 17.0. The highest BCUT2D eigenvalue weighted by Gasteiger charge is 2.27. The number of pyridine rings is 3. The molecule has 1 amide bonds. The van der Waals surface area contributed by atoms with E-state index in [9.17, 15) is 14.4 Å². The minimum absolute atomic E-state index is 0.0168. The lowest BCUT2D eigenvalue weighted by molar-refractivity contribution is 0.0740. The maximum absolute atomic E-state index is 13.6. The summed E-state index contributed by atoms with van der Waals surface area (Å²) in [4.78, 5) is 70.7. The fourth-order valence-corrected chi connectivity index (χ4v) is 9.27. The standard InChI is InChI=1S/C46H48ClN15O4/c1-26-20-49-34(28(3)39(26)66-5)24-60-23-30(38-40(47)53-45(48)54-42(38)60)10-8-9-15-61-25-35(56-57-61)43(64)59-18-16-58(17-19-59)32-13-14-36(50-21-32)52-46-51-22-33-27(2)37(29(4)63)44(65)62(41(33)55-46)31-11-6-7-12-31/h13-14,20-23,25,31H,6-7,9,11-12,15-19,24H2,1-5H3,(H2,48,53,54)(H,50,51,52,55). The van der Waals surface area contributed by atoms with Gasteiger partial charge in [0.1, 0.15) is 28.0 Å². The molecular formula is C46H48ClN15O4. The Balaban J connectivity index is 0.806. The number of aromatic nitrogens is 11. The van der Waals surface area contributed by atoms with Crippen molar-refractivity contribution in [2.45, 2.75) is 78.9 Å². The second kappa shape index (κ2) is 18.2. The zero-order valence-electron chi connectivity index (χ0n) is 37.3. The molecule has 7 aromatic heterocycles. The summed E-state index contributed by atoms with van der Waals surface area (Å²) in [6.45, 7) is 10.1. The van der Waals surface area contributed by atoms with Gasteiger partial charge in [-0.05, 0) is 58.2 Å². The van der Waals surface area contributed by atoms with E-state index in [0.29, 0.717) is 90.6 Å². The number of nitrogens with zero attached hydrogens (tertiary/aromatic N) is 13. The maximum Gasteiger partial charge on any atom is 0.276 e. The van der Waals surface area contributed by atoms with Gasteiger partial charge in [-0.1, -0.05) is 41.5 Å². The number of ether oxygens (including phenoxy) is 1. The molecule has 0 spiro atoms. The van der Waals surface area contributed by atoms with Crippen LogP contribution in [0.5, 0.6) is 5.75 Å². The van der Waals surface area contributed by atoms with Crippen LogP contribution in [-0.4, -0.2) is 104 Å². The average molecular weight is 910 g/mol. The molecule has 7 aromatic rings. The van der Waals surface area contributed by atoms with Gasteiger partial charge in [-0.2, -0.15) is 9.97 Å². The molecule has 3 N–H and O–H groups in total. The number of nitrogens with one attached hydrogen (secondary N) is 1. The normalized spacial score (nSPS) is 14.2. The lowest BCUT2D eigenvalue weighted by atomic mass is 10.0. The predicted octanol–water partition coefficient (Wildman–Crippen LogP) is 5.60. The van der Waals surface area contributed by atoms with Gasteiger partial charge in [0, 0.05) is 73.7 Å². The Morgan fingerprint density at radius 2 is 1.74 bits per heavy atom.